The van der Waals surface area contributed by atoms with E-state index in [1.54, 1.807) is 10.6 Å². The van der Waals surface area contributed by atoms with Crippen molar-refractivity contribution in [1.29, 1.82) is 0 Å². The van der Waals surface area contributed by atoms with Crippen LogP contribution in [0, 0.1) is 11.6 Å². The summed E-state index contributed by atoms with van der Waals surface area (Å²) in [7, 11) is 0. The first kappa shape index (κ1) is 23.5. The van der Waals surface area contributed by atoms with Crippen LogP contribution in [0.5, 0.6) is 0 Å². The standard InChI is InChI=1S/C26H23ClF2N4O2S/c1-2-21(34)33-15-4-3-5-16(33)13-31(12-15)25-18-11-19(27)22(17-7-6-14(28)10-20(17)29)24-23(18)32(8-9-36-24)26(35)30-25/h2,6-7,10-11,15-16H,1,3-5,8-9,12-13H2. The van der Waals surface area contributed by atoms with Crippen molar-refractivity contribution in [3.05, 3.63) is 64.1 Å². The number of thioether (sulfide) groups is 1. The van der Waals surface area contributed by atoms with E-state index in [0.717, 1.165) is 30.7 Å². The summed E-state index contributed by atoms with van der Waals surface area (Å²) in [4.78, 5) is 34.9. The van der Waals surface area contributed by atoms with Gasteiger partial charge in [-0.1, -0.05) is 18.2 Å². The molecule has 3 aliphatic heterocycles. The second-order valence-corrected chi connectivity index (χ2v) is 10.9. The molecule has 2 atom stereocenters. The Morgan fingerprint density at radius 1 is 1.19 bits per heavy atom. The lowest BCUT2D eigenvalue weighted by Crippen LogP contribution is -2.62. The predicted octanol–water partition coefficient (Wildman–Crippen LogP) is 4.86. The maximum Gasteiger partial charge on any atom is 0.350 e. The third-order valence-electron chi connectivity index (χ3n) is 7.36. The number of piperazine rings is 1. The molecule has 6 rings (SSSR count). The highest BCUT2D eigenvalue weighted by atomic mass is 35.5. The lowest BCUT2D eigenvalue weighted by Gasteiger charge is -2.50. The zero-order valence-electron chi connectivity index (χ0n) is 19.3. The molecule has 10 heteroatoms. The monoisotopic (exact) mass is 528 g/mol. The molecule has 2 fully saturated rings. The van der Waals surface area contributed by atoms with Crippen molar-refractivity contribution < 1.29 is 13.6 Å². The first-order chi connectivity index (χ1) is 17.4. The largest absolute Gasteiger partial charge is 0.352 e. The van der Waals surface area contributed by atoms with E-state index in [-0.39, 0.29) is 29.2 Å². The van der Waals surface area contributed by atoms with Gasteiger partial charge in [0, 0.05) is 64.9 Å². The molecule has 0 N–H and O–H groups in total. The number of amides is 1. The van der Waals surface area contributed by atoms with Gasteiger partial charge in [0.15, 0.2) is 0 Å². The molecule has 3 aliphatic rings. The van der Waals surface area contributed by atoms with E-state index in [1.807, 2.05) is 4.90 Å². The summed E-state index contributed by atoms with van der Waals surface area (Å²) in [5.74, 6) is -0.313. The number of piperidine rings is 1. The van der Waals surface area contributed by atoms with E-state index < -0.39 is 11.6 Å². The Balaban J connectivity index is 1.53. The van der Waals surface area contributed by atoms with E-state index >= 15 is 0 Å². The van der Waals surface area contributed by atoms with Crippen molar-refractivity contribution in [2.75, 3.05) is 23.7 Å². The number of nitrogens with zero attached hydrogens (tertiary/aromatic N) is 4. The molecule has 1 aromatic heterocycles. The highest BCUT2D eigenvalue weighted by Crippen LogP contribution is 2.46. The number of hydrogen-bond donors (Lipinski definition) is 0. The van der Waals surface area contributed by atoms with Crippen LogP contribution in [-0.4, -0.2) is 51.3 Å². The van der Waals surface area contributed by atoms with Gasteiger partial charge in [0.1, 0.15) is 17.5 Å². The van der Waals surface area contributed by atoms with Crippen molar-refractivity contribution in [3.8, 4) is 11.1 Å². The van der Waals surface area contributed by atoms with Crippen LogP contribution >= 0.6 is 23.4 Å². The van der Waals surface area contributed by atoms with Crippen LogP contribution in [0.2, 0.25) is 5.02 Å². The highest BCUT2D eigenvalue weighted by molar-refractivity contribution is 7.99. The number of carbonyl (C=O) groups is 1. The lowest BCUT2D eigenvalue weighted by atomic mass is 9.90. The third kappa shape index (κ3) is 3.63. The number of benzene rings is 2. The average molecular weight is 529 g/mol. The first-order valence-corrected chi connectivity index (χ1v) is 13.3. The van der Waals surface area contributed by atoms with E-state index in [1.165, 1.54) is 30.0 Å². The lowest BCUT2D eigenvalue weighted by molar-refractivity contribution is -0.133. The van der Waals surface area contributed by atoms with Gasteiger partial charge in [0.25, 0.3) is 0 Å². The van der Waals surface area contributed by atoms with Crippen LogP contribution in [0.3, 0.4) is 0 Å². The van der Waals surface area contributed by atoms with Gasteiger partial charge in [0.05, 0.1) is 10.5 Å². The first-order valence-electron chi connectivity index (χ1n) is 11.9. The predicted molar refractivity (Wildman–Crippen MR) is 138 cm³/mol. The Morgan fingerprint density at radius 3 is 2.64 bits per heavy atom. The highest BCUT2D eigenvalue weighted by Gasteiger charge is 2.40. The fourth-order valence-corrected chi connectivity index (χ4v) is 7.44. The molecule has 2 unspecified atom stereocenters. The molecular formula is C26H23ClF2N4O2S. The van der Waals surface area contributed by atoms with Crippen molar-refractivity contribution in [3.63, 3.8) is 0 Å². The van der Waals surface area contributed by atoms with Crippen molar-refractivity contribution in [1.82, 2.24) is 14.5 Å². The Labute approximate surface area is 215 Å². The van der Waals surface area contributed by atoms with E-state index in [4.69, 9.17) is 11.6 Å². The summed E-state index contributed by atoms with van der Waals surface area (Å²) in [6, 6.07) is 5.17. The van der Waals surface area contributed by atoms with Crippen LogP contribution in [0.25, 0.3) is 22.0 Å². The SMILES string of the molecule is C=CC(=O)N1C2CCCC1CN(c1nc(=O)n3c4c(c(-c5ccc(F)cc5F)c(Cl)cc14)SCC3)C2. The smallest absolute Gasteiger partial charge is 0.350 e. The number of fused-ring (bicyclic) bond motifs is 2. The second-order valence-electron chi connectivity index (χ2n) is 9.39. The molecule has 2 bridgehead atoms. The van der Waals surface area contributed by atoms with Crippen LogP contribution in [-0.2, 0) is 11.3 Å². The molecule has 36 heavy (non-hydrogen) atoms. The molecule has 0 saturated carbocycles. The fourth-order valence-electron chi connectivity index (χ4n) is 5.88. The summed E-state index contributed by atoms with van der Waals surface area (Å²) >= 11 is 8.27. The zero-order chi connectivity index (χ0) is 25.1. The minimum absolute atomic E-state index is 0.00656. The van der Waals surface area contributed by atoms with Gasteiger partial charge in [-0.15, -0.1) is 11.8 Å². The van der Waals surface area contributed by atoms with Gasteiger partial charge >= 0.3 is 5.69 Å². The second kappa shape index (κ2) is 8.88. The molecule has 4 heterocycles. The van der Waals surface area contributed by atoms with Crippen LogP contribution < -0.4 is 10.6 Å². The number of aromatic nitrogens is 2. The number of hydrogen-bond acceptors (Lipinski definition) is 5. The van der Waals surface area contributed by atoms with E-state index in [9.17, 15) is 18.4 Å². The number of anilines is 1. The normalized spacial score (nSPS) is 21.1. The van der Waals surface area contributed by atoms with Crippen molar-refractivity contribution in [2.45, 2.75) is 42.8 Å². The van der Waals surface area contributed by atoms with Crippen molar-refractivity contribution in [2.24, 2.45) is 0 Å². The number of halogens is 3. The Bertz CT molecular complexity index is 1480. The minimum Gasteiger partial charge on any atom is -0.352 e. The zero-order valence-corrected chi connectivity index (χ0v) is 20.9. The summed E-state index contributed by atoms with van der Waals surface area (Å²) in [5, 5.41) is 1.03. The topological polar surface area (TPSA) is 58.4 Å². The average Bonchev–Trinajstić information content (AvgIpc) is 2.85. The van der Waals surface area contributed by atoms with Crippen LogP contribution in [0.1, 0.15) is 19.3 Å². The van der Waals surface area contributed by atoms with E-state index in [0.29, 0.717) is 52.2 Å². The van der Waals surface area contributed by atoms with Gasteiger partial charge in [-0.2, -0.15) is 4.98 Å². The van der Waals surface area contributed by atoms with Gasteiger partial charge < -0.3 is 9.80 Å². The van der Waals surface area contributed by atoms with Crippen molar-refractivity contribution >= 4 is 46.0 Å². The van der Waals surface area contributed by atoms with Gasteiger partial charge in [-0.25, -0.2) is 13.6 Å². The summed E-state index contributed by atoms with van der Waals surface area (Å²) < 4.78 is 30.1. The fraction of sp³-hybridized carbons (Fsp3) is 0.346. The van der Waals surface area contributed by atoms with Gasteiger partial charge in [-0.05, 0) is 43.5 Å². The number of carbonyl (C=O) groups excluding carboxylic acids is 1. The van der Waals surface area contributed by atoms with E-state index in [2.05, 4.69) is 16.5 Å². The minimum atomic E-state index is -0.710. The number of aryl methyl sites for hydroxylation is 1. The summed E-state index contributed by atoms with van der Waals surface area (Å²) in [6.07, 6.45) is 4.15. The Kier molecular flexibility index (Phi) is 5.80. The molecule has 0 aliphatic carbocycles. The molecule has 0 radical (unpaired) electrons. The maximum absolute atomic E-state index is 14.8. The van der Waals surface area contributed by atoms with Gasteiger partial charge in [-0.3, -0.25) is 9.36 Å². The van der Waals surface area contributed by atoms with Gasteiger partial charge in [0.2, 0.25) is 5.91 Å². The Hall–Kier alpha value is -2.91. The van der Waals surface area contributed by atoms with Crippen LogP contribution in [0.4, 0.5) is 14.6 Å². The molecular weight excluding hydrogens is 506 g/mol. The molecule has 3 aromatic rings. The maximum atomic E-state index is 14.8. The molecule has 2 saturated heterocycles. The number of rotatable bonds is 3. The molecule has 2 aromatic carbocycles. The molecule has 6 nitrogen and oxygen atoms in total. The molecule has 186 valence electrons. The summed E-state index contributed by atoms with van der Waals surface area (Å²) in [5.41, 5.74) is 0.937. The summed E-state index contributed by atoms with van der Waals surface area (Å²) in [6.45, 7) is 5.23. The molecule has 0 spiro atoms. The third-order valence-corrected chi connectivity index (χ3v) is 8.74. The Morgan fingerprint density at radius 2 is 1.94 bits per heavy atom. The molecule has 1 amide bonds. The van der Waals surface area contributed by atoms with Crippen LogP contribution in [0.15, 0.2) is 46.6 Å². The quantitative estimate of drug-likeness (QED) is 0.455.